The number of benzene rings is 1. The van der Waals surface area contributed by atoms with Crippen molar-refractivity contribution in [3.63, 3.8) is 0 Å². The topological polar surface area (TPSA) is 84.3 Å². The van der Waals surface area contributed by atoms with Gasteiger partial charge >= 0.3 is 0 Å². The van der Waals surface area contributed by atoms with Gasteiger partial charge in [-0.25, -0.2) is 4.98 Å². The summed E-state index contributed by atoms with van der Waals surface area (Å²) in [6, 6.07) is 14.4. The fourth-order valence-electron chi connectivity index (χ4n) is 3.69. The van der Waals surface area contributed by atoms with Crippen LogP contribution >= 0.6 is 0 Å². The molecule has 0 fully saturated rings. The smallest absolute Gasteiger partial charge is 0.0977 e. The predicted molar refractivity (Wildman–Crippen MR) is 122 cm³/mol. The van der Waals surface area contributed by atoms with E-state index in [2.05, 4.69) is 54.7 Å². The van der Waals surface area contributed by atoms with Gasteiger partial charge < -0.3 is 10.3 Å². The minimum Gasteiger partial charge on any atom is -0.343 e. The summed E-state index contributed by atoms with van der Waals surface area (Å²) in [6.07, 6.45) is 7.56. The number of hydrogen-bond acceptors (Lipinski definition) is 5. The van der Waals surface area contributed by atoms with Crippen molar-refractivity contribution in [2.75, 3.05) is 13.6 Å². The van der Waals surface area contributed by atoms with Crippen LogP contribution in [0, 0.1) is 6.92 Å². The quantitative estimate of drug-likeness (QED) is 0.441. The number of aromatic amines is 1. The van der Waals surface area contributed by atoms with Gasteiger partial charge in [0.05, 0.1) is 41.7 Å². The Labute approximate surface area is 180 Å². The molecular formula is C24H23N7. The van der Waals surface area contributed by atoms with Gasteiger partial charge in [0.2, 0.25) is 0 Å². The Hall–Kier alpha value is -3.84. The number of aryl methyl sites for hydroxylation is 1. The molecule has 0 saturated carbocycles. The first-order valence-corrected chi connectivity index (χ1v) is 10.3. The van der Waals surface area contributed by atoms with Crippen molar-refractivity contribution < 1.29 is 0 Å². The number of pyridine rings is 2. The number of hydrogen-bond donors (Lipinski definition) is 2. The van der Waals surface area contributed by atoms with Crippen molar-refractivity contribution >= 4 is 10.9 Å². The fourth-order valence-corrected chi connectivity index (χ4v) is 3.69. The molecule has 4 heterocycles. The molecule has 7 nitrogen and oxygen atoms in total. The molecule has 0 aliphatic carbocycles. The standard InChI is InChI=1S/C24H23N7/c1-16-4-3-5-22(30-16)24-23(27-15-28-24)17-6-7-21-18(10-17)11-19(12-26-21)20-13-29-31(14-20)9-8-25-2/h3-7,10-15,25H,8-9H2,1-2H3,(H,27,28). The summed E-state index contributed by atoms with van der Waals surface area (Å²) in [5.74, 6) is 0. The summed E-state index contributed by atoms with van der Waals surface area (Å²) >= 11 is 0. The van der Waals surface area contributed by atoms with E-state index in [1.165, 1.54) is 0 Å². The summed E-state index contributed by atoms with van der Waals surface area (Å²) in [5.41, 5.74) is 7.72. The van der Waals surface area contributed by atoms with E-state index in [-0.39, 0.29) is 0 Å². The molecule has 7 heteroatoms. The predicted octanol–water partition coefficient (Wildman–Crippen LogP) is 4.08. The van der Waals surface area contributed by atoms with Crippen LogP contribution < -0.4 is 5.32 Å². The number of aromatic nitrogens is 6. The monoisotopic (exact) mass is 409 g/mol. The van der Waals surface area contributed by atoms with Gasteiger partial charge in [0.25, 0.3) is 0 Å². The first-order valence-electron chi connectivity index (χ1n) is 10.3. The normalized spacial score (nSPS) is 11.3. The molecule has 154 valence electrons. The van der Waals surface area contributed by atoms with Crippen molar-refractivity contribution in [3.05, 3.63) is 73.1 Å². The van der Waals surface area contributed by atoms with E-state index in [0.717, 1.165) is 63.5 Å². The second-order valence-electron chi connectivity index (χ2n) is 7.52. The molecule has 1 aromatic carbocycles. The van der Waals surface area contributed by atoms with E-state index in [9.17, 15) is 0 Å². The number of fused-ring (bicyclic) bond motifs is 1. The SMILES string of the molecule is CNCCn1cc(-c2cnc3ccc(-c4nc[nH]c4-c4cccc(C)n4)cc3c2)cn1. The minimum absolute atomic E-state index is 0.830. The molecule has 0 aliphatic heterocycles. The maximum Gasteiger partial charge on any atom is 0.0977 e. The average Bonchev–Trinajstić information content (AvgIpc) is 3.47. The van der Waals surface area contributed by atoms with E-state index in [1.807, 2.05) is 55.3 Å². The van der Waals surface area contributed by atoms with Crippen molar-refractivity contribution in [3.8, 4) is 33.8 Å². The second-order valence-corrected chi connectivity index (χ2v) is 7.52. The zero-order valence-electron chi connectivity index (χ0n) is 17.5. The van der Waals surface area contributed by atoms with Crippen LogP contribution in [0.2, 0.25) is 0 Å². The van der Waals surface area contributed by atoms with Gasteiger partial charge in [0.1, 0.15) is 0 Å². The number of H-pyrrole nitrogens is 1. The van der Waals surface area contributed by atoms with Crippen LogP contribution in [0.4, 0.5) is 0 Å². The van der Waals surface area contributed by atoms with E-state index in [4.69, 9.17) is 0 Å². The van der Waals surface area contributed by atoms with Gasteiger partial charge in [-0.2, -0.15) is 5.10 Å². The highest BCUT2D eigenvalue weighted by Crippen LogP contribution is 2.31. The third-order valence-corrected chi connectivity index (χ3v) is 5.30. The molecule has 5 aromatic rings. The number of nitrogens with one attached hydrogen (secondary N) is 2. The van der Waals surface area contributed by atoms with E-state index < -0.39 is 0 Å². The van der Waals surface area contributed by atoms with Gasteiger partial charge in [0.15, 0.2) is 0 Å². The Bertz CT molecular complexity index is 1350. The van der Waals surface area contributed by atoms with Crippen molar-refractivity contribution in [2.45, 2.75) is 13.5 Å². The summed E-state index contributed by atoms with van der Waals surface area (Å²) in [5, 5.41) is 8.65. The minimum atomic E-state index is 0.830. The molecule has 0 amide bonds. The van der Waals surface area contributed by atoms with Crippen LogP contribution in [0.15, 0.2) is 67.4 Å². The summed E-state index contributed by atoms with van der Waals surface area (Å²) < 4.78 is 1.94. The molecule has 31 heavy (non-hydrogen) atoms. The average molecular weight is 409 g/mol. The van der Waals surface area contributed by atoms with Gasteiger partial charge in [-0.1, -0.05) is 12.1 Å². The largest absolute Gasteiger partial charge is 0.343 e. The lowest BCUT2D eigenvalue weighted by Crippen LogP contribution is -2.14. The zero-order chi connectivity index (χ0) is 21.2. The summed E-state index contributed by atoms with van der Waals surface area (Å²) in [6.45, 7) is 3.70. The van der Waals surface area contributed by atoms with Crippen LogP contribution in [0.5, 0.6) is 0 Å². The molecule has 5 rings (SSSR count). The maximum atomic E-state index is 4.65. The Morgan fingerprint density at radius 2 is 1.90 bits per heavy atom. The molecule has 4 aromatic heterocycles. The van der Waals surface area contributed by atoms with Crippen LogP contribution in [0.1, 0.15) is 5.69 Å². The molecule has 0 aliphatic rings. The Balaban J connectivity index is 1.52. The van der Waals surface area contributed by atoms with Gasteiger partial charge in [0, 0.05) is 46.7 Å². The lowest BCUT2D eigenvalue weighted by atomic mass is 10.0. The van der Waals surface area contributed by atoms with Gasteiger partial charge in [-0.05, 0) is 44.3 Å². The molecule has 0 bridgehead atoms. The summed E-state index contributed by atoms with van der Waals surface area (Å²) in [4.78, 5) is 17.1. The maximum absolute atomic E-state index is 4.65. The lowest BCUT2D eigenvalue weighted by Gasteiger charge is -2.06. The van der Waals surface area contributed by atoms with Gasteiger partial charge in [-0.3, -0.25) is 14.6 Å². The molecular weight excluding hydrogens is 386 g/mol. The number of likely N-dealkylation sites (N-methyl/N-ethyl adjacent to an activating group) is 1. The van der Waals surface area contributed by atoms with Crippen molar-refractivity contribution in [2.24, 2.45) is 0 Å². The van der Waals surface area contributed by atoms with Crippen LogP contribution in [-0.4, -0.2) is 43.3 Å². The highest BCUT2D eigenvalue weighted by Gasteiger charge is 2.13. The first-order chi connectivity index (χ1) is 15.2. The lowest BCUT2D eigenvalue weighted by molar-refractivity contribution is 0.585. The van der Waals surface area contributed by atoms with E-state index in [1.54, 1.807) is 6.33 Å². The van der Waals surface area contributed by atoms with Crippen LogP contribution in [-0.2, 0) is 6.54 Å². The highest BCUT2D eigenvalue weighted by atomic mass is 15.3. The van der Waals surface area contributed by atoms with Gasteiger partial charge in [-0.15, -0.1) is 0 Å². The first kappa shape index (κ1) is 19.1. The third-order valence-electron chi connectivity index (χ3n) is 5.30. The van der Waals surface area contributed by atoms with Crippen LogP contribution in [0.25, 0.3) is 44.7 Å². The Morgan fingerprint density at radius 1 is 1.00 bits per heavy atom. The number of imidazole rings is 1. The Morgan fingerprint density at radius 3 is 2.77 bits per heavy atom. The molecule has 0 unspecified atom stereocenters. The molecule has 0 atom stereocenters. The molecule has 0 saturated heterocycles. The summed E-state index contributed by atoms with van der Waals surface area (Å²) in [7, 11) is 1.94. The number of nitrogens with zero attached hydrogens (tertiary/aromatic N) is 5. The van der Waals surface area contributed by atoms with Crippen molar-refractivity contribution in [1.29, 1.82) is 0 Å². The fraction of sp³-hybridized carbons (Fsp3) is 0.167. The zero-order valence-corrected chi connectivity index (χ0v) is 17.5. The molecule has 0 radical (unpaired) electrons. The van der Waals surface area contributed by atoms with Crippen molar-refractivity contribution in [1.82, 2.24) is 35.0 Å². The molecule has 0 spiro atoms. The van der Waals surface area contributed by atoms with E-state index >= 15 is 0 Å². The Kier molecular flexibility index (Phi) is 5.01. The highest BCUT2D eigenvalue weighted by molar-refractivity contribution is 5.89. The van der Waals surface area contributed by atoms with Crippen LogP contribution in [0.3, 0.4) is 0 Å². The molecule has 2 N–H and O–H groups in total. The second kappa shape index (κ2) is 8.12. The van der Waals surface area contributed by atoms with E-state index in [0.29, 0.717) is 0 Å². The number of rotatable bonds is 6. The third kappa shape index (κ3) is 3.83.